The van der Waals surface area contributed by atoms with Gasteiger partial charge in [-0.3, -0.25) is 14.2 Å². The van der Waals surface area contributed by atoms with Crippen LogP contribution in [0.4, 0.5) is 4.39 Å². The van der Waals surface area contributed by atoms with E-state index in [2.05, 4.69) is 4.98 Å². The first-order valence-electron chi connectivity index (χ1n) is 10.2. The Morgan fingerprint density at radius 1 is 1.03 bits per heavy atom. The van der Waals surface area contributed by atoms with E-state index in [1.54, 1.807) is 18.2 Å². The minimum atomic E-state index is -3.64. The summed E-state index contributed by atoms with van der Waals surface area (Å²) >= 11 is 0. The Hall–Kier alpha value is -3.11. The van der Waals surface area contributed by atoms with Crippen molar-refractivity contribution in [2.24, 2.45) is 0 Å². The fourth-order valence-corrected chi connectivity index (χ4v) is 5.20. The van der Waals surface area contributed by atoms with Gasteiger partial charge in [0.2, 0.25) is 15.9 Å². The van der Waals surface area contributed by atoms with E-state index in [-0.39, 0.29) is 54.4 Å². The summed E-state index contributed by atoms with van der Waals surface area (Å²) in [5.74, 6) is -0.801. The topological polar surface area (TPSA) is 92.6 Å². The molecule has 0 atom stereocenters. The van der Waals surface area contributed by atoms with Crippen LogP contribution in [0.2, 0.25) is 0 Å². The van der Waals surface area contributed by atoms with Gasteiger partial charge in [0.05, 0.1) is 22.1 Å². The van der Waals surface area contributed by atoms with Gasteiger partial charge in [0.15, 0.2) is 0 Å². The number of halogens is 1. The summed E-state index contributed by atoms with van der Waals surface area (Å²) in [5.41, 5.74) is 1.71. The summed E-state index contributed by atoms with van der Waals surface area (Å²) in [7, 11) is -3.64. The predicted octanol–water partition coefficient (Wildman–Crippen LogP) is 1.69. The maximum Gasteiger partial charge on any atom is 0.261 e. The van der Waals surface area contributed by atoms with Crippen molar-refractivity contribution in [2.45, 2.75) is 25.3 Å². The molecule has 1 saturated heterocycles. The molecule has 1 aliphatic heterocycles. The van der Waals surface area contributed by atoms with Crippen LogP contribution in [0.1, 0.15) is 11.1 Å². The third-order valence-corrected chi connectivity index (χ3v) is 7.69. The van der Waals surface area contributed by atoms with Gasteiger partial charge in [0.1, 0.15) is 12.4 Å². The molecule has 1 aliphatic rings. The number of aromatic nitrogens is 2. The first kappa shape index (κ1) is 22.1. The van der Waals surface area contributed by atoms with Gasteiger partial charge in [-0.25, -0.2) is 17.8 Å². The molecule has 0 N–H and O–H groups in total. The summed E-state index contributed by atoms with van der Waals surface area (Å²) in [6, 6.07) is 8.72. The second kappa shape index (κ2) is 8.44. The van der Waals surface area contributed by atoms with Gasteiger partial charge < -0.3 is 4.90 Å². The van der Waals surface area contributed by atoms with Gasteiger partial charge in [-0.05, 0) is 49.2 Å². The molecule has 2 heterocycles. The summed E-state index contributed by atoms with van der Waals surface area (Å²) < 4.78 is 41.8. The Morgan fingerprint density at radius 2 is 1.75 bits per heavy atom. The first-order chi connectivity index (χ1) is 15.2. The van der Waals surface area contributed by atoms with Crippen LogP contribution < -0.4 is 5.56 Å². The number of benzene rings is 2. The van der Waals surface area contributed by atoms with Gasteiger partial charge in [-0.15, -0.1) is 0 Å². The molecule has 1 amide bonds. The zero-order chi connectivity index (χ0) is 23.0. The van der Waals surface area contributed by atoms with Crippen LogP contribution in [0.25, 0.3) is 10.9 Å². The van der Waals surface area contributed by atoms with Gasteiger partial charge in [-0.1, -0.05) is 6.07 Å². The number of piperazine rings is 1. The quantitative estimate of drug-likeness (QED) is 0.593. The lowest BCUT2D eigenvalue weighted by molar-refractivity contribution is -0.133. The Bertz CT molecular complexity index is 1360. The van der Waals surface area contributed by atoms with E-state index in [0.717, 1.165) is 17.2 Å². The first-order valence-corrected chi connectivity index (χ1v) is 11.6. The summed E-state index contributed by atoms with van der Waals surface area (Å²) in [4.78, 5) is 31.2. The molecule has 4 rings (SSSR count). The van der Waals surface area contributed by atoms with Crippen LogP contribution in [0.3, 0.4) is 0 Å². The van der Waals surface area contributed by atoms with Crippen molar-refractivity contribution in [3.63, 3.8) is 0 Å². The highest BCUT2D eigenvalue weighted by Crippen LogP contribution is 2.20. The fraction of sp³-hybridized carbons (Fsp3) is 0.318. The number of hydrogen-bond acceptors (Lipinski definition) is 5. The molecule has 32 heavy (non-hydrogen) atoms. The van der Waals surface area contributed by atoms with E-state index in [9.17, 15) is 22.4 Å². The van der Waals surface area contributed by atoms with Crippen molar-refractivity contribution in [2.75, 3.05) is 26.2 Å². The summed E-state index contributed by atoms with van der Waals surface area (Å²) in [6.07, 6.45) is 1.22. The minimum Gasteiger partial charge on any atom is -0.338 e. The normalized spacial score (nSPS) is 15.3. The number of nitrogens with zero attached hydrogens (tertiary/aromatic N) is 4. The Labute approximate surface area is 185 Å². The molecule has 2 aromatic carbocycles. The standard InChI is InChI=1S/C22H23FN4O4S/c1-15-3-5-18(11-16(15)2)32(30,31)27-9-7-25(8-10-27)21(28)13-26-14-24-20-12-17(23)4-6-19(20)22(26)29/h3-6,11-12,14H,7-10,13H2,1-2H3. The smallest absolute Gasteiger partial charge is 0.261 e. The second-order valence-electron chi connectivity index (χ2n) is 7.87. The molecule has 0 saturated carbocycles. The molecule has 1 aromatic heterocycles. The summed E-state index contributed by atoms with van der Waals surface area (Å²) in [5, 5.41) is 0.228. The van der Waals surface area contributed by atoms with Crippen molar-refractivity contribution in [1.82, 2.24) is 18.8 Å². The zero-order valence-electron chi connectivity index (χ0n) is 17.8. The lowest BCUT2D eigenvalue weighted by Crippen LogP contribution is -2.51. The molecule has 0 bridgehead atoms. The van der Waals surface area contributed by atoms with Crippen molar-refractivity contribution >= 4 is 26.8 Å². The molecule has 1 fully saturated rings. The summed E-state index contributed by atoms with van der Waals surface area (Å²) in [6.45, 7) is 4.36. The lowest BCUT2D eigenvalue weighted by atomic mass is 10.1. The maximum absolute atomic E-state index is 13.3. The van der Waals surface area contributed by atoms with E-state index in [1.165, 1.54) is 32.2 Å². The fourth-order valence-electron chi connectivity index (χ4n) is 3.69. The van der Waals surface area contributed by atoms with Crippen LogP contribution >= 0.6 is 0 Å². The zero-order valence-corrected chi connectivity index (χ0v) is 18.6. The molecule has 168 valence electrons. The van der Waals surface area contributed by atoms with Gasteiger partial charge in [0.25, 0.3) is 5.56 Å². The number of carbonyl (C=O) groups excluding carboxylic acids is 1. The number of amides is 1. The molecule has 10 heteroatoms. The van der Waals surface area contributed by atoms with E-state index in [4.69, 9.17) is 0 Å². The molecular formula is C22H23FN4O4S. The lowest BCUT2D eigenvalue weighted by Gasteiger charge is -2.34. The molecular weight excluding hydrogens is 435 g/mol. The third kappa shape index (κ3) is 4.15. The molecule has 3 aromatic rings. The molecule has 0 aliphatic carbocycles. The second-order valence-corrected chi connectivity index (χ2v) is 9.81. The van der Waals surface area contributed by atoms with E-state index in [1.807, 2.05) is 13.8 Å². The van der Waals surface area contributed by atoms with Crippen LogP contribution in [0, 0.1) is 19.7 Å². The van der Waals surface area contributed by atoms with Crippen LogP contribution in [-0.4, -0.2) is 59.3 Å². The Morgan fingerprint density at radius 3 is 2.44 bits per heavy atom. The Kier molecular flexibility index (Phi) is 5.83. The highest BCUT2D eigenvalue weighted by atomic mass is 32.2. The van der Waals surface area contributed by atoms with Crippen molar-refractivity contribution in [3.8, 4) is 0 Å². The van der Waals surface area contributed by atoms with E-state index in [0.29, 0.717) is 0 Å². The average molecular weight is 459 g/mol. The van der Waals surface area contributed by atoms with Crippen LogP contribution in [-0.2, 0) is 21.4 Å². The van der Waals surface area contributed by atoms with Crippen molar-refractivity contribution in [3.05, 3.63) is 70.0 Å². The largest absolute Gasteiger partial charge is 0.338 e. The number of aryl methyl sites for hydroxylation is 2. The Balaban J connectivity index is 1.44. The number of rotatable bonds is 4. The number of hydrogen-bond donors (Lipinski definition) is 0. The minimum absolute atomic E-state index is 0.172. The van der Waals surface area contributed by atoms with Crippen LogP contribution in [0.5, 0.6) is 0 Å². The number of carbonyl (C=O) groups is 1. The number of fused-ring (bicyclic) bond motifs is 1. The van der Waals surface area contributed by atoms with Gasteiger partial charge in [0, 0.05) is 32.2 Å². The van der Waals surface area contributed by atoms with Crippen molar-refractivity contribution in [1.29, 1.82) is 0 Å². The third-order valence-electron chi connectivity index (χ3n) is 5.80. The van der Waals surface area contributed by atoms with Gasteiger partial charge in [-0.2, -0.15) is 4.31 Å². The molecule has 0 radical (unpaired) electrons. The highest BCUT2D eigenvalue weighted by Gasteiger charge is 2.30. The van der Waals surface area contributed by atoms with Crippen molar-refractivity contribution < 1.29 is 17.6 Å². The van der Waals surface area contributed by atoms with Crippen LogP contribution in [0.15, 0.2) is 52.4 Å². The molecule has 0 spiro atoms. The van der Waals surface area contributed by atoms with E-state index < -0.39 is 21.4 Å². The van der Waals surface area contributed by atoms with E-state index >= 15 is 0 Å². The SMILES string of the molecule is Cc1ccc(S(=O)(=O)N2CCN(C(=O)Cn3cnc4cc(F)ccc4c3=O)CC2)cc1C. The molecule has 8 nitrogen and oxygen atoms in total. The van der Waals surface area contributed by atoms with Gasteiger partial charge >= 0.3 is 0 Å². The highest BCUT2D eigenvalue weighted by molar-refractivity contribution is 7.89. The average Bonchev–Trinajstić information content (AvgIpc) is 2.77. The maximum atomic E-state index is 13.3. The predicted molar refractivity (Wildman–Crippen MR) is 117 cm³/mol. The number of sulfonamides is 1. The monoisotopic (exact) mass is 458 g/mol. The molecule has 0 unspecified atom stereocenters.